The molecule has 0 fully saturated rings. The molecule has 0 aliphatic rings. The van der Waals surface area contributed by atoms with E-state index in [0.717, 1.165) is 11.3 Å². The van der Waals surface area contributed by atoms with Gasteiger partial charge in [0, 0.05) is 6.20 Å². The van der Waals surface area contributed by atoms with Crippen LogP contribution >= 0.6 is 0 Å². The summed E-state index contributed by atoms with van der Waals surface area (Å²) in [5.74, 6) is -1.75. The second kappa shape index (κ2) is 7.63. The summed E-state index contributed by atoms with van der Waals surface area (Å²) in [7, 11) is 0. The summed E-state index contributed by atoms with van der Waals surface area (Å²) in [6.07, 6.45) is 2.51. The molecule has 8 nitrogen and oxygen atoms in total. The van der Waals surface area contributed by atoms with Gasteiger partial charge in [-0.05, 0) is 38.5 Å². The van der Waals surface area contributed by atoms with Crippen LogP contribution in [0.3, 0.4) is 0 Å². The van der Waals surface area contributed by atoms with Gasteiger partial charge in [0.05, 0.1) is 35.4 Å². The standard InChI is InChI=1S/C19H20FN5O3/c1-11-17(12(2)25(23-11)9-14-4-6-16(20)7-5-14)22-18(26)13(3)24-10-15(8-21-24)19(27)28/h4-8,10,13H,9H2,1-3H3,(H,22,26)(H,27,28). The predicted octanol–water partition coefficient (Wildman–Crippen LogP) is 2.78. The number of halogens is 1. The average Bonchev–Trinajstić information content (AvgIpc) is 3.24. The molecule has 0 aliphatic heterocycles. The van der Waals surface area contributed by atoms with Gasteiger partial charge in [-0.15, -0.1) is 0 Å². The molecule has 1 aromatic carbocycles. The minimum atomic E-state index is -1.10. The largest absolute Gasteiger partial charge is 0.478 e. The highest BCUT2D eigenvalue weighted by molar-refractivity contribution is 5.94. The predicted molar refractivity (Wildman–Crippen MR) is 99.7 cm³/mol. The molecule has 2 N–H and O–H groups in total. The topological polar surface area (TPSA) is 102 Å². The van der Waals surface area contributed by atoms with Crippen molar-refractivity contribution in [3.63, 3.8) is 0 Å². The molecule has 1 amide bonds. The molecule has 0 radical (unpaired) electrons. The van der Waals surface area contributed by atoms with Gasteiger partial charge in [-0.3, -0.25) is 14.2 Å². The number of carboxylic acids is 1. The lowest BCUT2D eigenvalue weighted by Crippen LogP contribution is -2.24. The Labute approximate surface area is 160 Å². The molecule has 0 aliphatic carbocycles. The number of aromatic nitrogens is 4. The van der Waals surface area contributed by atoms with Crippen molar-refractivity contribution in [1.82, 2.24) is 19.6 Å². The Hall–Kier alpha value is -3.49. The SMILES string of the molecule is Cc1nn(Cc2ccc(F)cc2)c(C)c1NC(=O)C(C)n1cc(C(=O)O)cn1. The van der Waals surface area contributed by atoms with Crippen LogP contribution in [0.1, 0.15) is 40.3 Å². The fraction of sp³-hybridized carbons (Fsp3) is 0.263. The van der Waals surface area contributed by atoms with Crippen LogP contribution in [-0.2, 0) is 11.3 Å². The molecule has 0 saturated carbocycles. The molecular formula is C19H20FN5O3. The van der Waals surface area contributed by atoms with E-state index in [4.69, 9.17) is 5.11 Å². The van der Waals surface area contributed by atoms with Crippen molar-refractivity contribution in [3.8, 4) is 0 Å². The first kappa shape index (κ1) is 19.3. The van der Waals surface area contributed by atoms with Gasteiger partial charge in [-0.1, -0.05) is 12.1 Å². The summed E-state index contributed by atoms with van der Waals surface area (Å²) in [5.41, 5.74) is 2.89. The lowest BCUT2D eigenvalue weighted by molar-refractivity contribution is -0.119. The Balaban J connectivity index is 1.76. The number of aryl methyl sites for hydroxylation is 1. The zero-order chi connectivity index (χ0) is 20.4. The quantitative estimate of drug-likeness (QED) is 0.679. The summed E-state index contributed by atoms with van der Waals surface area (Å²) in [4.78, 5) is 23.6. The molecular weight excluding hydrogens is 365 g/mol. The first-order valence-electron chi connectivity index (χ1n) is 8.63. The van der Waals surface area contributed by atoms with Crippen molar-refractivity contribution >= 4 is 17.6 Å². The van der Waals surface area contributed by atoms with E-state index in [9.17, 15) is 14.0 Å². The lowest BCUT2D eigenvalue weighted by Gasteiger charge is -2.13. The van der Waals surface area contributed by atoms with Gasteiger partial charge in [0.25, 0.3) is 0 Å². The van der Waals surface area contributed by atoms with E-state index in [2.05, 4.69) is 15.5 Å². The molecule has 1 unspecified atom stereocenters. The number of rotatable bonds is 6. The maximum absolute atomic E-state index is 13.1. The number of hydrogen-bond donors (Lipinski definition) is 2. The summed E-state index contributed by atoms with van der Waals surface area (Å²) in [6.45, 7) is 5.69. The fourth-order valence-corrected chi connectivity index (χ4v) is 2.80. The monoisotopic (exact) mass is 385 g/mol. The van der Waals surface area contributed by atoms with Gasteiger partial charge in [-0.25, -0.2) is 9.18 Å². The number of carboxylic acid groups (broad SMARTS) is 1. The molecule has 2 aromatic heterocycles. The van der Waals surface area contributed by atoms with Crippen LogP contribution in [0.15, 0.2) is 36.7 Å². The number of carbonyl (C=O) groups is 2. The first-order chi connectivity index (χ1) is 13.3. The third-order valence-corrected chi connectivity index (χ3v) is 4.50. The third-order valence-electron chi connectivity index (χ3n) is 4.50. The summed E-state index contributed by atoms with van der Waals surface area (Å²) in [6, 6.07) is 5.45. The molecule has 9 heteroatoms. The second-order valence-corrected chi connectivity index (χ2v) is 6.51. The molecule has 0 bridgehead atoms. The summed E-state index contributed by atoms with van der Waals surface area (Å²) >= 11 is 0. The van der Waals surface area contributed by atoms with Crippen molar-refractivity contribution in [2.45, 2.75) is 33.4 Å². The number of aromatic carboxylic acids is 1. The van der Waals surface area contributed by atoms with Crippen molar-refractivity contribution in [2.24, 2.45) is 0 Å². The van der Waals surface area contributed by atoms with E-state index in [1.54, 1.807) is 30.7 Å². The molecule has 2 heterocycles. The number of amides is 1. The van der Waals surface area contributed by atoms with Crippen LogP contribution in [0.25, 0.3) is 0 Å². The Morgan fingerprint density at radius 2 is 1.93 bits per heavy atom. The zero-order valence-corrected chi connectivity index (χ0v) is 15.7. The molecule has 0 spiro atoms. The van der Waals surface area contributed by atoms with Crippen LogP contribution in [0.2, 0.25) is 0 Å². The third kappa shape index (κ3) is 3.93. The molecule has 0 saturated heterocycles. The smallest absolute Gasteiger partial charge is 0.338 e. The van der Waals surface area contributed by atoms with Gasteiger partial charge in [0.15, 0.2) is 0 Å². The van der Waals surface area contributed by atoms with Crippen molar-refractivity contribution in [2.75, 3.05) is 5.32 Å². The maximum atomic E-state index is 13.1. The maximum Gasteiger partial charge on any atom is 0.338 e. The van der Waals surface area contributed by atoms with Gasteiger partial charge >= 0.3 is 5.97 Å². The summed E-state index contributed by atoms with van der Waals surface area (Å²) in [5, 5.41) is 20.2. The number of nitrogens with one attached hydrogen (secondary N) is 1. The number of hydrogen-bond acceptors (Lipinski definition) is 4. The van der Waals surface area contributed by atoms with Crippen LogP contribution in [0.4, 0.5) is 10.1 Å². The van der Waals surface area contributed by atoms with Gasteiger partial charge in [-0.2, -0.15) is 10.2 Å². The molecule has 1 atom stereocenters. The molecule has 146 valence electrons. The number of benzene rings is 1. The summed E-state index contributed by atoms with van der Waals surface area (Å²) < 4.78 is 16.1. The van der Waals surface area contributed by atoms with E-state index >= 15 is 0 Å². The van der Waals surface area contributed by atoms with E-state index in [1.165, 1.54) is 29.2 Å². The number of carbonyl (C=O) groups excluding carboxylic acids is 1. The molecule has 3 aromatic rings. The Morgan fingerprint density at radius 3 is 2.54 bits per heavy atom. The number of nitrogens with zero attached hydrogens (tertiary/aromatic N) is 4. The van der Waals surface area contributed by atoms with Crippen molar-refractivity contribution < 1.29 is 19.1 Å². The zero-order valence-electron chi connectivity index (χ0n) is 15.7. The van der Waals surface area contributed by atoms with Gasteiger partial charge in [0.2, 0.25) is 5.91 Å². The fourth-order valence-electron chi connectivity index (χ4n) is 2.80. The number of anilines is 1. The van der Waals surface area contributed by atoms with E-state index in [0.29, 0.717) is 17.9 Å². The second-order valence-electron chi connectivity index (χ2n) is 6.51. The first-order valence-corrected chi connectivity index (χ1v) is 8.63. The minimum Gasteiger partial charge on any atom is -0.478 e. The highest BCUT2D eigenvalue weighted by Gasteiger charge is 2.21. The molecule has 3 rings (SSSR count). The van der Waals surface area contributed by atoms with E-state index in [-0.39, 0.29) is 17.3 Å². The Kier molecular flexibility index (Phi) is 5.25. The van der Waals surface area contributed by atoms with Crippen LogP contribution < -0.4 is 5.32 Å². The van der Waals surface area contributed by atoms with Crippen LogP contribution in [0, 0.1) is 19.7 Å². The van der Waals surface area contributed by atoms with Crippen molar-refractivity contribution in [3.05, 3.63) is 65.0 Å². The van der Waals surface area contributed by atoms with Crippen LogP contribution in [0.5, 0.6) is 0 Å². The lowest BCUT2D eigenvalue weighted by atomic mass is 10.2. The van der Waals surface area contributed by atoms with Gasteiger partial charge in [0.1, 0.15) is 11.9 Å². The highest BCUT2D eigenvalue weighted by Crippen LogP contribution is 2.22. The Bertz CT molecular complexity index is 1020. The Morgan fingerprint density at radius 1 is 1.25 bits per heavy atom. The van der Waals surface area contributed by atoms with Crippen LogP contribution in [-0.4, -0.2) is 36.5 Å². The molecule has 28 heavy (non-hydrogen) atoms. The van der Waals surface area contributed by atoms with Crippen molar-refractivity contribution in [1.29, 1.82) is 0 Å². The van der Waals surface area contributed by atoms with E-state index in [1.807, 2.05) is 6.92 Å². The van der Waals surface area contributed by atoms with Gasteiger partial charge < -0.3 is 10.4 Å². The minimum absolute atomic E-state index is 0.0131. The average molecular weight is 385 g/mol. The highest BCUT2D eigenvalue weighted by atomic mass is 19.1. The normalized spacial score (nSPS) is 12.0. The van der Waals surface area contributed by atoms with E-state index < -0.39 is 12.0 Å².